The maximum Gasteiger partial charge on any atom is 0.259 e. The van der Waals surface area contributed by atoms with Gasteiger partial charge < -0.3 is 25.4 Å². The Hall–Kier alpha value is -2.12. The molecule has 150 valence electrons. The Morgan fingerprint density at radius 3 is 2.63 bits per heavy atom. The van der Waals surface area contributed by atoms with Crippen LogP contribution in [-0.4, -0.2) is 55.7 Å². The van der Waals surface area contributed by atoms with Crippen molar-refractivity contribution < 1.29 is 19.1 Å². The molecule has 2 atom stereocenters. The normalized spacial score (nSPS) is 23.3. The van der Waals surface area contributed by atoms with Gasteiger partial charge in [-0.1, -0.05) is 26.0 Å². The summed E-state index contributed by atoms with van der Waals surface area (Å²) in [6.07, 6.45) is 0.499. The fraction of sp³-hybridized carbons (Fsp3) is 0.600. The van der Waals surface area contributed by atoms with E-state index in [2.05, 4.69) is 5.32 Å². The molecule has 1 aliphatic carbocycles. The van der Waals surface area contributed by atoms with E-state index in [4.69, 9.17) is 15.2 Å². The summed E-state index contributed by atoms with van der Waals surface area (Å²) in [6.45, 7) is 6.79. The summed E-state index contributed by atoms with van der Waals surface area (Å²) in [5.74, 6) is 0.284. The summed E-state index contributed by atoms with van der Waals surface area (Å²) in [4.78, 5) is 25.8. The van der Waals surface area contributed by atoms with Crippen LogP contribution in [-0.2, 0) is 20.9 Å². The zero-order valence-electron chi connectivity index (χ0n) is 16.9. The zero-order chi connectivity index (χ0) is 20.2. The summed E-state index contributed by atoms with van der Waals surface area (Å²) < 4.78 is 11.2. The van der Waals surface area contributed by atoms with Crippen LogP contribution in [0.3, 0.4) is 0 Å². The van der Waals surface area contributed by atoms with Crippen LogP contribution in [0.4, 0.5) is 0 Å². The van der Waals surface area contributed by atoms with Gasteiger partial charge in [-0.2, -0.15) is 0 Å². The number of rotatable bonds is 8. The van der Waals surface area contributed by atoms with Crippen molar-refractivity contribution >= 4 is 11.8 Å². The minimum absolute atomic E-state index is 0.00999. The highest BCUT2D eigenvalue weighted by molar-refractivity contribution is 5.88. The van der Waals surface area contributed by atoms with Gasteiger partial charge in [0, 0.05) is 39.1 Å². The maximum atomic E-state index is 12.7. The molecule has 2 unspecified atom stereocenters. The standard InChI is InChI=1S/C20H31N3O4/c1-6-26-16-11-20(21,19(16,2)3)18(25)22-12-14-8-7-9-15(10-14)27-13-17(24)23(4)5/h7-10,16H,6,11-13,21H2,1-5H3,(H,22,25). The minimum atomic E-state index is -0.945. The molecule has 7 heteroatoms. The van der Waals surface area contributed by atoms with Crippen LogP contribution < -0.4 is 15.8 Å². The molecule has 1 aliphatic rings. The third-order valence-electron chi connectivity index (χ3n) is 5.45. The second-order valence-electron chi connectivity index (χ2n) is 7.75. The molecule has 1 aromatic rings. The molecule has 27 heavy (non-hydrogen) atoms. The van der Waals surface area contributed by atoms with Crippen LogP contribution in [0, 0.1) is 5.41 Å². The number of nitrogens with two attached hydrogens (primary N) is 1. The zero-order valence-corrected chi connectivity index (χ0v) is 16.9. The highest BCUT2D eigenvalue weighted by atomic mass is 16.5. The Morgan fingerprint density at radius 1 is 1.33 bits per heavy atom. The lowest BCUT2D eigenvalue weighted by Gasteiger charge is -2.57. The third-order valence-corrected chi connectivity index (χ3v) is 5.45. The van der Waals surface area contributed by atoms with Crippen LogP contribution in [0.25, 0.3) is 0 Å². The summed E-state index contributed by atoms with van der Waals surface area (Å²) in [6, 6.07) is 7.30. The predicted molar refractivity (Wildman–Crippen MR) is 103 cm³/mol. The molecule has 1 aromatic carbocycles. The topological polar surface area (TPSA) is 93.9 Å². The summed E-state index contributed by atoms with van der Waals surface area (Å²) >= 11 is 0. The van der Waals surface area contributed by atoms with Gasteiger partial charge in [0.05, 0.1) is 6.10 Å². The van der Waals surface area contributed by atoms with E-state index in [1.54, 1.807) is 26.2 Å². The van der Waals surface area contributed by atoms with Gasteiger partial charge in [0.25, 0.3) is 5.91 Å². The van der Waals surface area contributed by atoms with Gasteiger partial charge in [-0.25, -0.2) is 0 Å². The summed E-state index contributed by atoms with van der Waals surface area (Å²) in [5, 5.41) is 2.92. The lowest BCUT2D eigenvalue weighted by molar-refractivity contribution is -0.170. The van der Waals surface area contributed by atoms with Gasteiger partial charge in [-0.15, -0.1) is 0 Å². The number of nitrogens with one attached hydrogen (secondary N) is 1. The molecule has 0 aliphatic heterocycles. The van der Waals surface area contributed by atoms with Crippen molar-refractivity contribution in [3.8, 4) is 5.75 Å². The molecule has 0 aromatic heterocycles. The average Bonchev–Trinajstić information content (AvgIpc) is 2.63. The Kier molecular flexibility index (Phi) is 6.49. The van der Waals surface area contributed by atoms with Crippen molar-refractivity contribution in [2.24, 2.45) is 11.1 Å². The van der Waals surface area contributed by atoms with Gasteiger partial charge in [-0.3, -0.25) is 9.59 Å². The lowest BCUT2D eigenvalue weighted by atomic mass is 9.54. The first-order valence-electron chi connectivity index (χ1n) is 9.22. The second-order valence-corrected chi connectivity index (χ2v) is 7.75. The van der Waals surface area contributed by atoms with Gasteiger partial charge in [0.1, 0.15) is 11.3 Å². The molecule has 3 N–H and O–H groups in total. The van der Waals surface area contributed by atoms with Crippen molar-refractivity contribution in [3.63, 3.8) is 0 Å². The largest absolute Gasteiger partial charge is 0.484 e. The number of amides is 2. The predicted octanol–water partition coefficient (Wildman–Crippen LogP) is 1.30. The highest BCUT2D eigenvalue weighted by Gasteiger charge is 2.62. The van der Waals surface area contributed by atoms with E-state index in [0.29, 0.717) is 25.3 Å². The summed E-state index contributed by atoms with van der Waals surface area (Å²) in [5.41, 5.74) is 5.89. The van der Waals surface area contributed by atoms with Crippen molar-refractivity contribution in [3.05, 3.63) is 29.8 Å². The third kappa shape index (κ3) is 4.42. The number of ether oxygens (including phenoxy) is 2. The van der Waals surface area contributed by atoms with E-state index in [0.717, 1.165) is 5.56 Å². The van der Waals surface area contributed by atoms with E-state index in [9.17, 15) is 9.59 Å². The van der Waals surface area contributed by atoms with Crippen molar-refractivity contribution in [1.29, 1.82) is 0 Å². The highest BCUT2D eigenvalue weighted by Crippen LogP contribution is 2.49. The van der Waals surface area contributed by atoms with Crippen LogP contribution in [0.5, 0.6) is 5.75 Å². The fourth-order valence-corrected chi connectivity index (χ4v) is 3.18. The van der Waals surface area contributed by atoms with Crippen molar-refractivity contribution in [2.75, 3.05) is 27.3 Å². The number of hydrogen-bond donors (Lipinski definition) is 2. The average molecular weight is 377 g/mol. The molecule has 0 saturated heterocycles. The summed E-state index contributed by atoms with van der Waals surface area (Å²) in [7, 11) is 3.36. The number of carbonyl (C=O) groups is 2. The van der Waals surface area contributed by atoms with E-state index in [1.165, 1.54) is 4.90 Å². The van der Waals surface area contributed by atoms with Crippen molar-refractivity contribution in [1.82, 2.24) is 10.2 Å². The van der Waals surface area contributed by atoms with Crippen LogP contribution in [0.2, 0.25) is 0 Å². The first-order valence-corrected chi connectivity index (χ1v) is 9.22. The van der Waals surface area contributed by atoms with E-state index in [1.807, 2.05) is 32.9 Å². The lowest BCUT2D eigenvalue weighted by Crippen LogP contribution is -2.75. The molecule has 0 heterocycles. The number of nitrogens with zero attached hydrogens (tertiary/aromatic N) is 1. The molecular formula is C20H31N3O4. The minimum Gasteiger partial charge on any atom is -0.484 e. The van der Waals surface area contributed by atoms with Gasteiger partial charge in [0.15, 0.2) is 6.61 Å². The Morgan fingerprint density at radius 2 is 2.04 bits per heavy atom. The number of carbonyl (C=O) groups excluding carboxylic acids is 2. The maximum absolute atomic E-state index is 12.7. The van der Waals surface area contributed by atoms with Crippen molar-refractivity contribution in [2.45, 2.75) is 45.4 Å². The smallest absolute Gasteiger partial charge is 0.259 e. The molecule has 2 rings (SSSR count). The van der Waals surface area contributed by atoms with Crippen LogP contribution in [0.1, 0.15) is 32.8 Å². The van der Waals surface area contributed by atoms with E-state index < -0.39 is 11.0 Å². The molecule has 2 amide bonds. The number of hydrogen-bond acceptors (Lipinski definition) is 5. The molecule has 1 saturated carbocycles. The number of benzene rings is 1. The monoisotopic (exact) mass is 377 g/mol. The Bertz CT molecular complexity index is 690. The molecular weight excluding hydrogens is 346 g/mol. The van der Waals surface area contributed by atoms with Gasteiger partial charge in [0.2, 0.25) is 5.91 Å². The van der Waals surface area contributed by atoms with Gasteiger partial charge in [-0.05, 0) is 24.6 Å². The molecule has 1 fully saturated rings. The first-order chi connectivity index (χ1) is 12.6. The SMILES string of the molecule is CCOC1CC(N)(C(=O)NCc2cccc(OCC(=O)N(C)C)c2)C1(C)C. The Balaban J connectivity index is 1.92. The second kappa shape index (κ2) is 8.27. The van der Waals surface area contributed by atoms with E-state index >= 15 is 0 Å². The molecule has 0 radical (unpaired) electrons. The Labute approximate surface area is 161 Å². The molecule has 0 bridgehead atoms. The first kappa shape index (κ1) is 21.2. The van der Waals surface area contributed by atoms with E-state index in [-0.39, 0.29) is 24.5 Å². The molecule has 7 nitrogen and oxygen atoms in total. The van der Waals surface area contributed by atoms with Crippen LogP contribution >= 0.6 is 0 Å². The van der Waals surface area contributed by atoms with Gasteiger partial charge >= 0.3 is 0 Å². The number of likely N-dealkylation sites (N-methyl/N-ethyl adjacent to an activating group) is 1. The van der Waals surface area contributed by atoms with Crippen LogP contribution in [0.15, 0.2) is 24.3 Å². The molecule has 0 spiro atoms. The fourth-order valence-electron chi connectivity index (χ4n) is 3.18. The quantitative estimate of drug-likeness (QED) is 0.712.